The Balaban J connectivity index is 4.47. The number of hydrogen-bond donors (Lipinski definition) is 1. The summed E-state index contributed by atoms with van der Waals surface area (Å²) in [6.07, 6.45) is 0.861. The van der Waals surface area contributed by atoms with Crippen molar-refractivity contribution in [1.29, 1.82) is 0 Å². The molecule has 0 spiro atoms. The third kappa shape index (κ3) is 8.38. The fourth-order valence-corrected chi connectivity index (χ4v) is 1.77. The number of carbonyl (C=O) groups excluding carboxylic acids is 2. The summed E-state index contributed by atoms with van der Waals surface area (Å²) in [4.78, 5) is 23.3. The van der Waals surface area contributed by atoms with Crippen LogP contribution in [0.5, 0.6) is 0 Å². The Morgan fingerprint density at radius 1 is 1.29 bits per heavy atom. The molecule has 0 aliphatic rings. The van der Waals surface area contributed by atoms with Gasteiger partial charge in [-0.25, -0.2) is 9.59 Å². The normalized spacial score (nSPS) is 12.7. The van der Waals surface area contributed by atoms with E-state index in [0.717, 1.165) is 12.8 Å². The Hall–Kier alpha value is -1.52. The van der Waals surface area contributed by atoms with E-state index in [1.807, 2.05) is 27.7 Å². The van der Waals surface area contributed by atoms with Gasteiger partial charge in [0.15, 0.2) is 0 Å². The first-order chi connectivity index (χ1) is 9.59. The van der Waals surface area contributed by atoms with E-state index in [-0.39, 0.29) is 18.1 Å². The number of carbonyl (C=O) groups is 2. The number of rotatable bonds is 8. The van der Waals surface area contributed by atoms with Crippen LogP contribution in [0, 0.1) is 5.92 Å². The molecule has 0 aliphatic carbocycles. The van der Waals surface area contributed by atoms with Crippen molar-refractivity contribution in [3.05, 3.63) is 12.2 Å². The lowest BCUT2D eigenvalue weighted by molar-refractivity contribution is -0.142. The van der Waals surface area contributed by atoms with Crippen LogP contribution in [-0.2, 0) is 14.3 Å². The SMILES string of the molecule is C=C(C)C(=O)OCC(OC(=O)NC(C)(C)CCC)C(C)C. The van der Waals surface area contributed by atoms with Gasteiger partial charge in [0, 0.05) is 11.1 Å². The van der Waals surface area contributed by atoms with Crippen LogP contribution in [0.15, 0.2) is 12.2 Å². The fourth-order valence-electron chi connectivity index (χ4n) is 1.77. The quantitative estimate of drug-likeness (QED) is 0.551. The molecule has 0 bridgehead atoms. The second-order valence-corrected chi connectivity index (χ2v) is 6.33. The van der Waals surface area contributed by atoms with Crippen LogP contribution in [0.2, 0.25) is 0 Å². The minimum absolute atomic E-state index is 0.0327. The van der Waals surface area contributed by atoms with Crippen molar-refractivity contribution in [3.8, 4) is 0 Å². The third-order valence-electron chi connectivity index (χ3n) is 3.04. The first-order valence-corrected chi connectivity index (χ1v) is 7.40. The monoisotopic (exact) mass is 299 g/mol. The van der Waals surface area contributed by atoms with Crippen molar-refractivity contribution >= 4 is 12.1 Å². The summed E-state index contributed by atoms with van der Waals surface area (Å²) in [5.41, 5.74) is 0.00732. The molecule has 5 heteroatoms. The average Bonchev–Trinajstić information content (AvgIpc) is 2.32. The number of ether oxygens (including phenoxy) is 2. The van der Waals surface area contributed by atoms with Gasteiger partial charge in [-0.05, 0) is 33.1 Å². The van der Waals surface area contributed by atoms with E-state index in [9.17, 15) is 9.59 Å². The molecular weight excluding hydrogens is 270 g/mol. The summed E-state index contributed by atoms with van der Waals surface area (Å²) in [6.45, 7) is 14.9. The Morgan fingerprint density at radius 2 is 1.86 bits per heavy atom. The summed E-state index contributed by atoms with van der Waals surface area (Å²) in [6, 6.07) is 0. The summed E-state index contributed by atoms with van der Waals surface area (Å²) in [7, 11) is 0. The number of nitrogens with one attached hydrogen (secondary N) is 1. The van der Waals surface area contributed by atoms with Crippen LogP contribution in [0.1, 0.15) is 54.4 Å². The van der Waals surface area contributed by atoms with Gasteiger partial charge < -0.3 is 14.8 Å². The van der Waals surface area contributed by atoms with E-state index in [0.29, 0.717) is 5.57 Å². The summed E-state index contributed by atoms with van der Waals surface area (Å²) >= 11 is 0. The van der Waals surface area contributed by atoms with Crippen molar-refractivity contribution in [3.63, 3.8) is 0 Å². The maximum Gasteiger partial charge on any atom is 0.407 e. The van der Waals surface area contributed by atoms with Crippen LogP contribution in [0.4, 0.5) is 4.79 Å². The highest BCUT2D eigenvalue weighted by molar-refractivity contribution is 5.86. The minimum Gasteiger partial charge on any atom is -0.458 e. The molecule has 0 rings (SSSR count). The maximum absolute atomic E-state index is 11.9. The van der Waals surface area contributed by atoms with Gasteiger partial charge in [0.2, 0.25) is 0 Å². The van der Waals surface area contributed by atoms with Crippen molar-refractivity contribution in [1.82, 2.24) is 5.32 Å². The molecule has 1 unspecified atom stereocenters. The lowest BCUT2D eigenvalue weighted by Crippen LogP contribution is -2.45. The second kappa shape index (κ2) is 8.70. The van der Waals surface area contributed by atoms with Gasteiger partial charge in [-0.3, -0.25) is 0 Å². The molecule has 1 N–H and O–H groups in total. The number of hydrogen-bond acceptors (Lipinski definition) is 4. The molecule has 0 aromatic carbocycles. The van der Waals surface area contributed by atoms with E-state index in [4.69, 9.17) is 9.47 Å². The fraction of sp³-hybridized carbons (Fsp3) is 0.750. The predicted molar refractivity (Wildman–Crippen MR) is 83.0 cm³/mol. The summed E-state index contributed by atoms with van der Waals surface area (Å²) in [5, 5.41) is 2.83. The van der Waals surface area contributed by atoms with E-state index < -0.39 is 18.2 Å². The molecule has 0 fully saturated rings. The van der Waals surface area contributed by atoms with Gasteiger partial charge in [-0.1, -0.05) is 33.8 Å². The van der Waals surface area contributed by atoms with Gasteiger partial charge in [0.05, 0.1) is 0 Å². The molecule has 0 saturated heterocycles. The number of esters is 1. The Morgan fingerprint density at radius 3 is 2.29 bits per heavy atom. The van der Waals surface area contributed by atoms with Crippen molar-refractivity contribution in [2.45, 2.75) is 66.0 Å². The first kappa shape index (κ1) is 19.5. The Kier molecular flexibility index (Phi) is 8.07. The lowest BCUT2D eigenvalue weighted by atomic mass is 9.99. The van der Waals surface area contributed by atoms with Crippen LogP contribution in [0.3, 0.4) is 0 Å². The number of alkyl carbamates (subject to hydrolysis) is 1. The molecule has 0 radical (unpaired) electrons. The Bertz CT molecular complexity index is 374. The smallest absolute Gasteiger partial charge is 0.407 e. The van der Waals surface area contributed by atoms with Crippen LogP contribution in [0.25, 0.3) is 0 Å². The van der Waals surface area contributed by atoms with E-state index in [1.165, 1.54) is 0 Å². The van der Waals surface area contributed by atoms with Gasteiger partial charge in [-0.15, -0.1) is 0 Å². The molecule has 0 aliphatic heterocycles. The van der Waals surface area contributed by atoms with Crippen LogP contribution >= 0.6 is 0 Å². The van der Waals surface area contributed by atoms with E-state index in [2.05, 4.69) is 18.8 Å². The highest BCUT2D eigenvalue weighted by atomic mass is 16.6. The van der Waals surface area contributed by atoms with Gasteiger partial charge in [0.1, 0.15) is 12.7 Å². The zero-order valence-corrected chi connectivity index (χ0v) is 14.1. The molecule has 0 aromatic heterocycles. The van der Waals surface area contributed by atoms with Crippen LogP contribution < -0.4 is 5.32 Å². The van der Waals surface area contributed by atoms with Gasteiger partial charge in [0.25, 0.3) is 0 Å². The molecule has 5 nitrogen and oxygen atoms in total. The average molecular weight is 299 g/mol. The van der Waals surface area contributed by atoms with Gasteiger partial charge >= 0.3 is 12.1 Å². The molecular formula is C16H29NO4. The van der Waals surface area contributed by atoms with E-state index in [1.54, 1.807) is 6.92 Å². The topological polar surface area (TPSA) is 64.6 Å². The molecule has 0 saturated carbocycles. The summed E-state index contributed by atoms with van der Waals surface area (Å²) < 4.78 is 10.4. The predicted octanol–water partition coefficient (Wildman–Crippen LogP) is 3.44. The van der Waals surface area contributed by atoms with E-state index >= 15 is 0 Å². The molecule has 21 heavy (non-hydrogen) atoms. The highest BCUT2D eigenvalue weighted by Crippen LogP contribution is 2.13. The van der Waals surface area contributed by atoms with Crippen molar-refractivity contribution in [2.24, 2.45) is 5.92 Å². The second-order valence-electron chi connectivity index (χ2n) is 6.33. The molecule has 1 atom stereocenters. The standard InChI is InChI=1S/C16H29NO4/c1-8-9-16(6,7)17-15(19)21-13(11(2)3)10-20-14(18)12(4)5/h11,13H,4,8-10H2,1-3,5-7H3,(H,17,19). The largest absolute Gasteiger partial charge is 0.458 e. The molecule has 1 amide bonds. The lowest BCUT2D eigenvalue weighted by Gasteiger charge is -2.28. The molecule has 0 aromatic rings. The zero-order chi connectivity index (χ0) is 16.6. The highest BCUT2D eigenvalue weighted by Gasteiger charge is 2.25. The zero-order valence-electron chi connectivity index (χ0n) is 14.1. The van der Waals surface area contributed by atoms with Gasteiger partial charge in [-0.2, -0.15) is 0 Å². The third-order valence-corrected chi connectivity index (χ3v) is 3.04. The maximum atomic E-state index is 11.9. The van der Waals surface area contributed by atoms with Crippen molar-refractivity contribution < 1.29 is 19.1 Å². The minimum atomic E-state index is -0.487. The van der Waals surface area contributed by atoms with Crippen molar-refractivity contribution in [2.75, 3.05) is 6.61 Å². The number of amides is 1. The first-order valence-electron chi connectivity index (χ1n) is 7.40. The molecule has 122 valence electrons. The molecule has 0 heterocycles. The van der Waals surface area contributed by atoms with Crippen LogP contribution in [-0.4, -0.2) is 30.3 Å². The Labute approximate surface area is 128 Å². The summed E-state index contributed by atoms with van der Waals surface area (Å²) in [5.74, 6) is -0.432.